The zero-order valence-corrected chi connectivity index (χ0v) is 14.5. The van der Waals surface area contributed by atoms with Crippen LogP contribution in [0.1, 0.15) is 0 Å². The minimum Gasteiger partial charge on any atom is -0.280 e. The number of hydrogen-bond acceptors (Lipinski definition) is 6. The van der Waals surface area contributed by atoms with Crippen molar-refractivity contribution in [2.24, 2.45) is 0 Å². The fourth-order valence-electron chi connectivity index (χ4n) is 2.29. The first kappa shape index (κ1) is 15.7. The van der Waals surface area contributed by atoms with E-state index < -0.39 is 10.0 Å². The molecule has 1 aromatic carbocycles. The molecule has 0 radical (unpaired) electrons. The van der Waals surface area contributed by atoms with Gasteiger partial charge in [0.15, 0.2) is 0 Å². The number of hydrogen-bond donors (Lipinski definition) is 1. The second-order valence-electron chi connectivity index (χ2n) is 5.22. The van der Waals surface area contributed by atoms with E-state index in [4.69, 9.17) is 0 Å². The summed E-state index contributed by atoms with van der Waals surface area (Å²) in [5, 5.41) is 0.843. The number of nitrogens with one attached hydrogen (secondary N) is 1. The quantitative estimate of drug-likeness (QED) is 0.595. The van der Waals surface area contributed by atoms with E-state index in [1.165, 1.54) is 29.8 Å². The van der Waals surface area contributed by atoms with Crippen molar-refractivity contribution in [1.82, 2.24) is 15.0 Å². The van der Waals surface area contributed by atoms with Gasteiger partial charge in [-0.05, 0) is 48.5 Å². The predicted molar refractivity (Wildman–Crippen MR) is 97.9 cm³/mol. The minimum atomic E-state index is -3.65. The number of aromatic nitrogens is 3. The number of sulfonamides is 1. The maximum absolute atomic E-state index is 12.3. The van der Waals surface area contributed by atoms with Crippen molar-refractivity contribution in [3.63, 3.8) is 0 Å². The van der Waals surface area contributed by atoms with Gasteiger partial charge in [0.2, 0.25) is 0 Å². The summed E-state index contributed by atoms with van der Waals surface area (Å²) in [6.45, 7) is 0. The summed E-state index contributed by atoms with van der Waals surface area (Å²) in [7, 11) is -3.65. The summed E-state index contributed by atoms with van der Waals surface area (Å²) in [6.07, 6.45) is 4.58. The number of thiazole rings is 1. The average molecular weight is 368 g/mol. The Morgan fingerprint density at radius 1 is 0.960 bits per heavy atom. The van der Waals surface area contributed by atoms with Crippen molar-refractivity contribution >= 4 is 37.4 Å². The lowest BCUT2D eigenvalue weighted by Crippen LogP contribution is -2.12. The van der Waals surface area contributed by atoms with E-state index in [-0.39, 0.29) is 4.90 Å². The highest BCUT2D eigenvalue weighted by atomic mass is 32.2. The second-order valence-corrected chi connectivity index (χ2v) is 7.88. The van der Waals surface area contributed by atoms with Crippen LogP contribution in [0.25, 0.3) is 20.9 Å². The largest absolute Gasteiger partial charge is 0.280 e. The molecular weight excluding hydrogens is 356 g/mol. The Kier molecular flexibility index (Phi) is 3.90. The molecule has 0 atom stereocenters. The number of anilines is 1. The molecule has 0 saturated carbocycles. The topological polar surface area (TPSA) is 84.8 Å². The minimum absolute atomic E-state index is 0.122. The molecule has 8 heteroatoms. The Hall–Kier alpha value is -2.84. The number of nitrogens with zero attached hydrogens (tertiary/aromatic N) is 3. The molecule has 25 heavy (non-hydrogen) atoms. The third-order valence-electron chi connectivity index (χ3n) is 3.50. The van der Waals surface area contributed by atoms with Gasteiger partial charge >= 0.3 is 0 Å². The van der Waals surface area contributed by atoms with Gasteiger partial charge in [0.25, 0.3) is 10.0 Å². The maximum Gasteiger partial charge on any atom is 0.263 e. The van der Waals surface area contributed by atoms with Crippen LogP contribution in [0.4, 0.5) is 5.69 Å². The van der Waals surface area contributed by atoms with E-state index in [0.717, 1.165) is 20.9 Å². The number of benzene rings is 1. The summed E-state index contributed by atoms with van der Waals surface area (Å²) in [4.78, 5) is 13.7. The second kappa shape index (κ2) is 6.23. The van der Waals surface area contributed by atoms with Crippen molar-refractivity contribution in [3.8, 4) is 10.6 Å². The Bertz CT molecular complexity index is 1090. The van der Waals surface area contributed by atoms with Crippen molar-refractivity contribution in [3.05, 3.63) is 67.1 Å². The maximum atomic E-state index is 12.3. The summed E-state index contributed by atoms with van der Waals surface area (Å²) < 4.78 is 27.2. The Balaban J connectivity index is 1.60. The molecule has 0 saturated heterocycles. The monoisotopic (exact) mass is 368 g/mol. The molecule has 0 amide bonds. The molecular formula is C17H12N4O2S2. The van der Waals surface area contributed by atoms with Crippen LogP contribution in [0.15, 0.2) is 72.0 Å². The lowest BCUT2D eigenvalue weighted by atomic mass is 10.2. The lowest BCUT2D eigenvalue weighted by Gasteiger charge is -2.08. The van der Waals surface area contributed by atoms with Gasteiger partial charge in [0.1, 0.15) is 20.3 Å². The summed E-state index contributed by atoms with van der Waals surface area (Å²) in [5.74, 6) is 0. The standard InChI is InChI=1S/C17H12N4O2S2/c22-25(23,14-3-1-9-18-11-14)21-13-7-5-12(6-8-13)16-20-15-4-2-10-19-17(15)24-16/h1-11,21H. The Morgan fingerprint density at radius 2 is 1.76 bits per heavy atom. The van der Waals surface area contributed by atoms with Gasteiger partial charge in [-0.1, -0.05) is 11.3 Å². The Labute approximate surface area is 148 Å². The summed E-state index contributed by atoms with van der Waals surface area (Å²) >= 11 is 1.50. The van der Waals surface area contributed by atoms with Crippen molar-refractivity contribution in [2.45, 2.75) is 4.90 Å². The smallest absolute Gasteiger partial charge is 0.263 e. The molecule has 3 heterocycles. The van der Waals surface area contributed by atoms with Gasteiger partial charge in [-0.15, -0.1) is 0 Å². The first-order valence-corrected chi connectivity index (χ1v) is 9.67. The highest BCUT2D eigenvalue weighted by molar-refractivity contribution is 7.92. The molecule has 3 aromatic heterocycles. The highest BCUT2D eigenvalue weighted by Gasteiger charge is 2.14. The first-order chi connectivity index (χ1) is 12.1. The molecule has 0 bridgehead atoms. The van der Waals surface area contributed by atoms with Crippen LogP contribution in [0, 0.1) is 0 Å². The van der Waals surface area contributed by atoms with Crippen LogP contribution in [-0.2, 0) is 10.0 Å². The van der Waals surface area contributed by atoms with E-state index in [2.05, 4.69) is 19.7 Å². The van der Waals surface area contributed by atoms with E-state index in [1.54, 1.807) is 24.4 Å². The van der Waals surface area contributed by atoms with Gasteiger partial charge in [-0.3, -0.25) is 9.71 Å². The summed E-state index contributed by atoms with van der Waals surface area (Å²) in [6, 6.07) is 13.9. The fourth-order valence-corrected chi connectivity index (χ4v) is 4.23. The zero-order valence-electron chi connectivity index (χ0n) is 12.8. The Morgan fingerprint density at radius 3 is 2.48 bits per heavy atom. The third-order valence-corrected chi connectivity index (χ3v) is 5.89. The molecule has 4 rings (SSSR count). The van der Waals surface area contributed by atoms with E-state index in [9.17, 15) is 8.42 Å². The SMILES string of the molecule is O=S(=O)(Nc1ccc(-c2nc3cccnc3s2)cc1)c1cccnc1. The molecule has 0 spiro atoms. The first-order valence-electron chi connectivity index (χ1n) is 7.37. The van der Waals surface area contributed by atoms with Crippen LogP contribution in [-0.4, -0.2) is 23.4 Å². The van der Waals surface area contributed by atoms with Crippen LogP contribution >= 0.6 is 11.3 Å². The van der Waals surface area contributed by atoms with Gasteiger partial charge in [0, 0.05) is 29.8 Å². The molecule has 0 unspecified atom stereocenters. The molecule has 0 aliphatic carbocycles. The molecule has 4 aromatic rings. The predicted octanol–water partition coefficient (Wildman–Crippen LogP) is 3.55. The zero-order chi connectivity index (χ0) is 17.3. The lowest BCUT2D eigenvalue weighted by molar-refractivity contribution is 0.601. The van der Waals surface area contributed by atoms with Gasteiger partial charge in [-0.25, -0.2) is 18.4 Å². The normalized spacial score (nSPS) is 11.5. The van der Waals surface area contributed by atoms with E-state index in [0.29, 0.717) is 5.69 Å². The third kappa shape index (κ3) is 3.21. The molecule has 6 nitrogen and oxygen atoms in total. The molecule has 1 N–H and O–H groups in total. The highest BCUT2D eigenvalue weighted by Crippen LogP contribution is 2.29. The molecule has 124 valence electrons. The average Bonchev–Trinajstić information content (AvgIpc) is 3.07. The molecule has 0 aliphatic heterocycles. The number of rotatable bonds is 4. The van der Waals surface area contributed by atoms with E-state index >= 15 is 0 Å². The fraction of sp³-hybridized carbons (Fsp3) is 0. The van der Waals surface area contributed by atoms with Gasteiger partial charge < -0.3 is 0 Å². The summed E-state index contributed by atoms with van der Waals surface area (Å²) in [5.41, 5.74) is 2.24. The van der Waals surface area contributed by atoms with Crippen LogP contribution in [0.5, 0.6) is 0 Å². The number of fused-ring (bicyclic) bond motifs is 1. The van der Waals surface area contributed by atoms with Gasteiger partial charge in [0.05, 0.1) is 0 Å². The van der Waals surface area contributed by atoms with Crippen molar-refractivity contribution in [1.29, 1.82) is 0 Å². The molecule has 0 fully saturated rings. The van der Waals surface area contributed by atoms with E-state index in [1.807, 2.05) is 24.3 Å². The van der Waals surface area contributed by atoms with Crippen LogP contribution < -0.4 is 4.72 Å². The van der Waals surface area contributed by atoms with Crippen molar-refractivity contribution < 1.29 is 8.42 Å². The van der Waals surface area contributed by atoms with Crippen LogP contribution in [0.2, 0.25) is 0 Å². The van der Waals surface area contributed by atoms with Crippen molar-refractivity contribution in [2.75, 3.05) is 4.72 Å². The van der Waals surface area contributed by atoms with Gasteiger partial charge in [-0.2, -0.15) is 0 Å². The van der Waals surface area contributed by atoms with Crippen LogP contribution in [0.3, 0.4) is 0 Å². The molecule has 0 aliphatic rings. The number of pyridine rings is 2.